The standard InChI is InChI=1S/C18H27N5O2/c1-12-9-14(3)23(20-12)11-16-7-5-6-8-22(16)15(4)18(24)19-17-10-13(2)21-25-17/h9-10,15-16H,5-8,11H2,1-4H3,(H,19,24)/t15-,16+/m0/s1. The zero-order valence-corrected chi connectivity index (χ0v) is 15.5. The van der Waals surface area contributed by atoms with Gasteiger partial charge in [-0.1, -0.05) is 11.6 Å². The van der Waals surface area contributed by atoms with Crippen molar-refractivity contribution in [1.82, 2.24) is 19.8 Å². The zero-order chi connectivity index (χ0) is 18.0. The van der Waals surface area contributed by atoms with E-state index in [0.29, 0.717) is 11.9 Å². The number of likely N-dealkylation sites (tertiary alicyclic amines) is 1. The first-order chi connectivity index (χ1) is 11.9. The summed E-state index contributed by atoms with van der Waals surface area (Å²) in [6.07, 6.45) is 3.39. The number of amides is 1. The van der Waals surface area contributed by atoms with Gasteiger partial charge in [0.25, 0.3) is 0 Å². The number of carbonyl (C=O) groups excluding carboxylic acids is 1. The van der Waals surface area contributed by atoms with E-state index in [-0.39, 0.29) is 11.9 Å². The second-order valence-electron chi connectivity index (χ2n) is 6.99. The van der Waals surface area contributed by atoms with Gasteiger partial charge in [-0.2, -0.15) is 5.10 Å². The summed E-state index contributed by atoms with van der Waals surface area (Å²) in [5.41, 5.74) is 2.95. The Bertz CT molecular complexity index is 736. The van der Waals surface area contributed by atoms with E-state index in [1.165, 1.54) is 6.42 Å². The number of aryl methyl sites for hydroxylation is 3. The van der Waals surface area contributed by atoms with E-state index in [1.54, 1.807) is 6.07 Å². The predicted molar refractivity (Wildman–Crippen MR) is 95.4 cm³/mol. The van der Waals surface area contributed by atoms with E-state index in [0.717, 1.165) is 43.0 Å². The summed E-state index contributed by atoms with van der Waals surface area (Å²) in [6.45, 7) is 9.62. The van der Waals surface area contributed by atoms with Crippen LogP contribution in [0.2, 0.25) is 0 Å². The minimum Gasteiger partial charge on any atom is -0.338 e. The molecule has 2 atom stereocenters. The number of nitrogens with zero attached hydrogens (tertiary/aromatic N) is 4. The number of hydrogen-bond acceptors (Lipinski definition) is 5. The highest BCUT2D eigenvalue weighted by Gasteiger charge is 2.31. The first kappa shape index (κ1) is 17.7. The summed E-state index contributed by atoms with van der Waals surface area (Å²) in [5.74, 6) is 0.345. The van der Waals surface area contributed by atoms with Crippen LogP contribution in [0.15, 0.2) is 16.7 Å². The molecule has 1 N–H and O–H groups in total. The topological polar surface area (TPSA) is 76.2 Å². The second kappa shape index (κ2) is 7.39. The highest BCUT2D eigenvalue weighted by atomic mass is 16.5. The first-order valence-corrected chi connectivity index (χ1v) is 8.95. The minimum atomic E-state index is -0.229. The van der Waals surface area contributed by atoms with Crippen LogP contribution in [-0.2, 0) is 11.3 Å². The Kier molecular flexibility index (Phi) is 5.22. The predicted octanol–water partition coefficient (Wildman–Crippen LogP) is 2.68. The number of rotatable bonds is 5. The molecule has 1 amide bonds. The fourth-order valence-corrected chi connectivity index (χ4v) is 3.59. The van der Waals surface area contributed by atoms with Crippen LogP contribution in [0.25, 0.3) is 0 Å². The van der Waals surface area contributed by atoms with Gasteiger partial charge in [-0.3, -0.25) is 19.7 Å². The van der Waals surface area contributed by atoms with Crippen molar-refractivity contribution in [1.29, 1.82) is 0 Å². The average molecular weight is 345 g/mol. The monoisotopic (exact) mass is 345 g/mol. The molecule has 25 heavy (non-hydrogen) atoms. The quantitative estimate of drug-likeness (QED) is 0.901. The molecule has 1 aliphatic heterocycles. The van der Waals surface area contributed by atoms with Crippen LogP contribution in [0, 0.1) is 20.8 Å². The van der Waals surface area contributed by atoms with E-state index < -0.39 is 0 Å². The molecule has 1 aliphatic rings. The Labute approximate surface area is 148 Å². The van der Waals surface area contributed by atoms with Crippen LogP contribution < -0.4 is 5.32 Å². The Morgan fingerprint density at radius 1 is 1.32 bits per heavy atom. The third-order valence-corrected chi connectivity index (χ3v) is 4.91. The molecule has 2 aromatic heterocycles. The lowest BCUT2D eigenvalue weighted by molar-refractivity contribution is -0.122. The summed E-state index contributed by atoms with van der Waals surface area (Å²) < 4.78 is 7.16. The first-order valence-electron chi connectivity index (χ1n) is 8.95. The molecule has 0 spiro atoms. The largest absolute Gasteiger partial charge is 0.338 e. The van der Waals surface area contributed by atoms with Crippen molar-refractivity contribution < 1.29 is 9.32 Å². The summed E-state index contributed by atoms with van der Waals surface area (Å²) in [5, 5.41) is 11.2. The summed E-state index contributed by atoms with van der Waals surface area (Å²) in [4.78, 5) is 14.9. The van der Waals surface area contributed by atoms with Crippen LogP contribution in [0.5, 0.6) is 0 Å². The van der Waals surface area contributed by atoms with Gasteiger partial charge in [0, 0.05) is 17.8 Å². The lowest BCUT2D eigenvalue weighted by atomic mass is 9.99. The van der Waals surface area contributed by atoms with E-state index in [2.05, 4.69) is 38.1 Å². The Morgan fingerprint density at radius 2 is 2.12 bits per heavy atom. The van der Waals surface area contributed by atoms with Crippen molar-refractivity contribution >= 4 is 11.8 Å². The van der Waals surface area contributed by atoms with Gasteiger partial charge in [0.1, 0.15) is 0 Å². The molecule has 1 fully saturated rings. The van der Waals surface area contributed by atoms with Crippen LogP contribution in [0.4, 0.5) is 5.88 Å². The third kappa shape index (κ3) is 4.10. The van der Waals surface area contributed by atoms with E-state index in [9.17, 15) is 4.79 Å². The van der Waals surface area contributed by atoms with Gasteiger partial charge in [0.05, 0.1) is 24.0 Å². The van der Waals surface area contributed by atoms with Crippen molar-refractivity contribution in [2.24, 2.45) is 0 Å². The van der Waals surface area contributed by atoms with Gasteiger partial charge >= 0.3 is 0 Å². The molecule has 0 saturated carbocycles. The molecule has 3 heterocycles. The number of anilines is 1. The molecule has 3 rings (SSSR count). The molecule has 136 valence electrons. The molecule has 0 bridgehead atoms. The Hall–Kier alpha value is -2.15. The number of carbonyl (C=O) groups is 1. The fraction of sp³-hybridized carbons (Fsp3) is 0.611. The van der Waals surface area contributed by atoms with Crippen LogP contribution in [0.1, 0.15) is 43.3 Å². The van der Waals surface area contributed by atoms with Gasteiger partial charge in [-0.15, -0.1) is 0 Å². The zero-order valence-electron chi connectivity index (χ0n) is 15.5. The lowest BCUT2D eigenvalue weighted by Crippen LogP contribution is -2.51. The van der Waals surface area contributed by atoms with Crippen molar-refractivity contribution in [3.05, 3.63) is 29.2 Å². The van der Waals surface area contributed by atoms with Crippen molar-refractivity contribution in [2.75, 3.05) is 11.9 Å². The highest BCUT2D eigenvalue weighted by molar-refractivity contribution is 5.93. The molecule has 0 aliphatic carbocycles. The van der Waals surface area contributed by atoms with Gasteiger partial charge in [0.2, 0.25) is 11.8 Å². The molecule has 7 nitrogen and oxygen atoms in total. The van der Waals surface area contributed by atoms with Gasteiger partial charge in [0.15, 0.2) is 0 Å². The normalized spacial score (nSPS) is 19.8. The summed E-state index contributed by atoms with van der Waals surface area (Å²) in [7, 11) is 0. The lowest BCUT2D eigenvalue weighted by Gasteiger charge is -2.39. The van der Waals surface area contributed by atoms with Gasteiger partial charge < -0.3 is 4.52 Å². The molecule has 0 unspecified atom stereocenters. The van der Waals surface area contributed by atoms with Crippen LogP contribution in [-0.4, -0.2) is 44.4 Å². The molecule has 1 saturated heterocycles. The fourth-order valence-electron chi connectivity index (χ4n) is 3.59. The summed E-state index contributed by atoms with van der Waals surface area (Å²) in [6, 6.07) is 3.90. The van der Waals surface area contributed by atoms with Crippen molar-refractivity contribution in [3.8, 4) is 0 Å². The number of nitrogens with one attached hydrogen (secondary N) is 1. The average Bonchev–Trinajstić information content (AvgIpc) is 3.12. The molecular formula is C18H27N5O2. The number of aromatic nitrogens is 3. The molecule has 0 aromatic carbocycles. The second-order valence-corrected chi connectivity index (χ2v) is 6.99. The summed E-state index contributed by atoms with van der Waals surface area (Å²) >= 11 is 0. The smallest absolute Gasteiger partial charge is 0.243 e. The maximum absolute atomic E-state index is 12.6. The van der Waals surface area contributed by atoms with Crippen LogP contribution in [0.3, 0.4) is 0 Å². The Morgan fingerprint density at radius 3 is 2.76 bits per heavy atom. The van der Waals surface area contributed by atoms with Gasteiger partial charge in [-0.25, -0.2) is 0 Å². The maximum Gasteiger partial charge on any atom is 0.243 e. The number of piperidine rings is 1. The maximum atomic E-state index is 12.6. The molecular weight excluding hydrogens is 318 g/mol. The van der Waals surface area contributed by atoms with Crippen molar-refractivity contribution in [2.45, 2.75) is 65.6 Å². The minimum absolute atomic E-state index is 0.0589. The molecule has 7 heteroatoms. The van der Waals surface area contributed by atoms with Gasteiger partial charge in [-0.05, 0) is 53.1 Å². The highest BCUT2D eigenvalue weighted by Crippen LogP contribution is 2.22. The van der Waals surface area contributed by atoms with E-state index in [4.69, 9.17) is 4.52 Å². The SMILES string of the molecule is Cc1cc(NC(=O)[C@H](C)N2CCCC[C@@H]2Cn2nc(C)cc2C)on1. The van der Waals surface area contributed by atoms with E-state index in [1.807, 2.05) is 20.8 Å². The molecule has 0 radical (unpaired) electrons. The molecule has 2 aromatic rings. The van der Waals surface area contributed by atoms with Crippen LogP contribution >= 0.6 is 0 Å². The van der Waals surface area contributed by atoms with Crippen molar-refractivity contribution in [3.63, 3.8) is 0 Å². The van der Waals surface area contributed by atoms with E-state index >= 15 is 0 Å². The number of hydrogen-bond donors (Lipinski definition) is 1. The third-order valence-electron chi connectivity index (χ3n) is 4.91. The Balaban J connectivity index is 1.68.